The fourth-order valence-electron chi connectivity index (χ4n) is 9.56. The van der Waals surface area contributed by atoms with Gasteiger partial charge in [-0.25, -0.2) is 9.59 Å². The summed E-state index contributed by atoms with van der Waals surface area (Å²) in [5.74, 6) is -1.63. The van der Waals surface area contributed by atoms with Crippen LogP contribution in [0.15, 0.2) is 36.4 Å². The number of rotatable bonds is 30. The topological polar surface area (TPSA) is 459 Å². The summed E-state index contributed by atoms with van der Waals surface area (Å²) in [6.45, 7) is 8.69. The van der Waals surface area contributed by atoms with Crippen molar-refractivity contribution in [2.45, 2.75) is 93.1 Å². The van der Waals surface area contributed by atoms with Gasteiger partial charge < -0.3 is 116 Å². The normalized spacial score (nSPS) is 25.6. The van der Waals surface area contributed by atoms with E-state index in [4.69, 9.17) is 34.2 Å². The summed E-state index contributed by atoms with van der Waals surface area (Å²) in [4.78, 5) is 81.4. The summed E-state index contributed by atoms with van der Waals surface area (Å²) in [6.07, 6.45) is -14.7. The van der Waals surface area contributed by atoms with Gasteiger partial charge in [0.25, 0.3) is 23.2 Å². The van der Waals surface area contributed by atoms with Gasteiger partial charge in [0.1, 0.15) is 73.5 Å². The molecule has 1 unspecified atom stereocenters. The minimum Gasteiger partial charge on any atom is -0.462 e. The molecule has 4 saturated heterocycles. The number of nitrogens with two attached hydrogens (primary N) is 1. The number of aliphatic hydroxyl groups is 8. The molecule has 2 aromatic rings. The van der Waals surface area contributed by atoms with Crippen molar-refractivity contribution in [2.75, 3.05) is 131 Å². The quantitative estimate of drug-likeness (QED) is 0.0199. The van der Waals surface area contributed by atoms with Crippen molar-refractivity contribution in [1.82, 2.24) is 40.9 Å². The summed E-state index contributed by atoms with van der Waals surface area (Å²) in [5.41, 5.74) is 4.88. The van der Waals surface area contributed by atoms with Crippen LogP contribution in [0.1, 0.15) is 46.4 Å². The Kier molecular flexibility index (Phi) is 26.6. The lowest BCUT2D eigenvalue weighted by atomic mass is 9.99. The van der Waals surface area contributed by atoms with E-state index in [-0.39, 0.29) is 48.9 Å². The lowest BCUT2D eigenvalue weighted by molar-refractivity contribution is -0.385. The number of nitrogens with zero attached hydrogens (tertiary/aromatic N) is 6. The van der Waals surface area contributed by atoms with E-state index in [1.165, 1.54) is 12.1 Å². The Morgan fingerprint density at radius 1 is 0.524 bits per heavy atom. The number of carbonyl (C=O) groups is 4. The Labute approximate surface area is 482 Å². The molecule has 4 heterocycles. The lowest BCUT2D eigenvalue weighted by Crippen LogP contribution is -2.60. The standard InChI is InChI=1S/C51H79N11O22/c52-33(29-79-50(73)55-7-3-11-59-17-13-57(14-18-59)9-1-5-53-46(71)31-21-34(61(75)76)25-36(23-31)81-48-44(69)42(67)40(65)38(27-63)83-48)30-80-51(74)56-8-4-12-60-19-15-58(16-20-60)10-2-6-54-47(72)32-22-35(62(77)78)26-37(24-32)82-49-45(70)43(68)41(66)39(28-64)84-49/h21-26,33,38-45,48-49,63-70H,1-20,27-30,52H2,(H,53,71)(H,54,72)(H,55,73)(H,56,74)/t33?,38-,39+,40+,41-,42+,43-,44-,45-,48+,49+/m1/s1. The van der Waals surface area contributed by atoms with E-state index >= 15 is 0 Å². The van der Waals surface area contributed by atoms with Gasteiger partial charge in [-0.05, 0) is 64.0 Å². The van der Waals surface area contributed by atoms with E-state index in [0.717, 1.165) is 89.7 Å². The van der Waals surface area contributed by atoms with Crippen LogP contribution in [-0.2, 0) is 18.9 Å². The summed E-state index contributed by atoms with van der Waals surface area (Å²) >= 11 is 0. The highest BCUT2D eigenvalue weighted by atomic mass is 16.7. The number of piperazine rings is 2. The molecule has 0 aromatic heterocycles. The van der Waals surface area contributed by atoms with Gasteiger partial charge >= 0.3 is 12.2 Å². The number of nitro benzene ring substituents is 2. The van der Waals surface area contributed by atoms with Crippen LogP contribution in [-0.4, -0.2) is 293 Å². The van der Waals surface area contributed by atoms with Crippen LogP contribution in [0.25, 0.3) is 0 Å². The van der Waals surface area contributed by atoms with Crippen molar-refractivity contribution in [3.63, 3.8) is 0 Å². The number of aliphatic hydroxyl groups excluding tert-OH is 8. The van der Waals surface area contributed by atoms with Crippen molar-refractivity contribution in [1.29, 1.82) is 0 Å². The number of nitro groups is 2. The van der Waals surface area contributed by atoms with E-state index in [1.54, 1.807) is 0 Å². The third-order valence-electron chi connectivity index (χ3n) is 14.4. The van der Waals surface area contributed by atoms with Gasteiger partial charge in [0.05, 0.1) is 41.2 Å². The number of nitrogens with one attached hydrogen (secondary N) is 4. The molecule has 33 nitrogen and oxygen atoms in total. The number of non-ortho nitro benzene ring substituents is 2. The molecule has 33 heteroatoms. The van der Waals surface area contributed by atoms with Gasteiger partial charge in [-0.2, -0.15) is 0 Å². The van der Waals surface area contributed by atoms with Crippen LogP contribution in [0, 0.1) is 20.2 Å². The molecular formula is C51H79N11O22. The molecule has 4 aliphatic rings. The first-order valence-corrected chi connectivity index (χ1v) is 27.8. The SMILES string of the molecule is NC(COC(=O)NCCCN1CCN(CCCNC(=O)c2cc(O[C@H]3O[C@H](CO)[C@H](O)[C@H](O)[C@H]3O)cc([N+](=O)[O-])c2)CC1)COC(=O)NCCCN1CCN(CCCNC(=O)c2cc(O[C@H]3O[C@@H](CO)[C@@H](O)[C@@H](O)[C@H]3O)cc([N+](=O)[O-])c2)CC1. The van der Waals surface area contributed by atoms with E-state index in [9.17, 15) is 80.3 Å². The minimum absolute atomic E-state index is 0.0905. The van der Waals surface area contributed by atoms with Gasteiger partial charge in [-0.1, -0.05) is 0 Å². The smallest absolute Gasteiger partial charge is 0.407 e. The second-order valence-electron chi connectivity index (χ2n) is 20.7. The van der Waals surface area contributed by atoms with Crippen molar-refractivity contribution >= 4 is 35.4 Å². The predicted octanol–water partition coefficient (Wildman–Crippen LogP) is -4.40. The van der Waals surface area contributed by atoms with Crippen molar-refractivity contribution in [3.8, 4) is 11.5 Å². The van der Waals surface area contributed by atoms with E-state index < -0.39 is 126 Å². The first kappa shape index (κ1) is 66.9. The number of carbonyl (C=O) groups excluding carboxylic acids is 4. The van der Waals surface area contributed by atoms with Crippen LogP contribution < -0.4 is 36.5 Å². The molecule has 0 bridgehead atoms. The molecule has 470 valence electrons. The molecule has 2 aromatic carbocycles. The molecule has 14 N–H and O–H groups in total. The van der Waals surface area contributed by atoms with Gasteiger partial charge in [0, 0.05) is 102 Å². The monoisotopic (exact) mass is 1200 g/mol. The molecule has 0 radical (unpaired) electrons. The highest BCUT2D eigenvalue weighted by Gasteiger charge is 2.46. The maximum Gasteiger partial charge on any atom is 0.407 e. The average molecular weight is 1200 g/mol. The van der Waals surface area contributed by atoms with Crippen LogP contribution in [0.5, 0.6) is 11.5 Å². The van der Waals surface area contributed by atoms with Crippen molar-refractivity contribution in [2.24, 2.45) is 5.73 Å². The Hall–Kier alpha value is -6.28. The number of hydrogen-bond acceptors (Lipinski definition) is 27. The van der Waals surface area contributed by atoms with Gasteiger partial charge in [-0.15, -0.1) is 0 Å². The maximum absolute atomic E-state index is 13.0. The third kappa shape index (κ3) is 20.5. The number of alkyl carbamates (subject to hydrolysis) is 2. The molecule has 11 atom stereocenters. The summed E-state index contributed by atoms with van der Waals surface area (Å²) < 4.78 is 32.1. The summed E-state index contributed by atoms with van der Waals surface area (Å²) in [6, 6.07) is 5.85. The molecule has 0 saturated carbocycles. The minimum atomic E-state index is -1.76. The van der Waals surface area contributed by atoms with Gasteiger partial charge in [0.2, 0.25) is 12.6 Å². The largest absolute Gasteiger partial charge is 0.462 e. The Morgan fingerprint density at radius 3 is 1.15 bits per heavy atom. The number of amides is 4. The molecule has 4 fully saturated rings. The Balaban J connectivity index is 0.738. The summed E-state index contributed by atoms with van der Waals surface area (Å²) in [5, 5.41) is 114. The zero-order chi connectivity index (χ0) is 60.9. The summed E-state index contributed by atoms with van der Waals surface area (Å²) in [7, 11) is 0. The average Bonchev–Trinajstić information content (AvgIpc) is 3.43. The fourth-order valence-corrected chi connectivity index (χ4v) is 9.56. The van der Waals surface area contributed by atoms with Crippen molar-refractivity contribution < 1.29 is 98.3 Å². The first-order valence-electron chi connectivity index (χ1n) is 27.8. The Bertz CT molecular complexity index is 2290. The fraction of sp³-hybridized carbons (Fsp3) is 0.686. The van der Waals surface area contributed by atoms with E-state index in [1.807, 2.05) is 0 Å². The predicted molar refractivity (Wildman–Crippen MR) is 291 cm³/mol. The molecule has 0 aliphatic carbocycles. The highest BCUT2D eigenvalue weighted by Crippen LogP contribution is 2.30. The van der Waals surface area contributed by atoms with Crippen LogP contribution in [0.2, 0.25) is 0 Å². The zero-order valence-electron chi connectivity index (χ0n) is 46.3. The highest BCUT2D eigenvalue weighted by molar-refractivity contribution is 5.96. The van der Waals surface area contributed by atoms with E-state index in [2.05, 4.69) is 40.9 Å². The number of ether oxygens (including phenoxy) is 6. The molecule has 84 heavy (non-hydrogen) atoms. The van der Waals surface area contributed by atoms with Crippen LogP contribution in [0.4, 0.5) is 21.0 Å². The number of benzene rings is 2. The van der Waals surface area contributed by atoms with Gasteiger partial charge in [0.15, 0.2) is 0 Å². The number of hydrogen-bond donors (Lipinski definition) is 13. The molecule has 6 rings (SSSR count). The molecule has 4 amide bonds. The molecule has 4 aliphatic heterocycles. The van der Waals surface area contributed by atoms with Crippen LogP contribution >= 0.6 is 0 Å². The second-order valence-corrected chi connectivity index (χ2v) is 20.7. The third-order valence-corrected chi connectivity index (χ3v) is 14.4. The van der Waals surface area contributed by atoms with Crippen molar-refractivity contribution in [3.05, 3.63) is 67.8 Å². The van der Waals surface area contributed by atoms with Gasteiger partial charge in [-0.3, -0.25) is 29.8 Å². The zero-order valence-corrected chi connectivity index (χ0v) is 46.3. The van der Waals surface area contributed by atoms with E-state index in [0.29, 0.717) is 51.9 Å². The molecule has 0 spiro atoms. The maximum atomic E-state index is 13.0. The second kappa shape index (κ2) is 33.4. The Morgan fingerprint density at radius 2 is 0.845 bits per heavy atom. The molecular weight excluding hydrogens is 1120 g/mol. The lowest BCUT2D eigenvalue weighted by Gasteiger charge is -2.39. The first-order chi connectivity index (χ1) is 40.2. The van der Waals surface area contributed by atoms with Crippen LogP contribution in [0.3, 0.4) is 0 Å².